The van der Waals surface area contributed by atoms with Gasteiger partial charge < -0.3 is 4.57 Å². The number of aryl methyl sites for hydroxylation is 2. The first-order valence-electron chi connectivity index (χ1n) is 8.53. The average Bonchev–Trinajstić information content (AvgIpc) is 2.75. The maximum Gasteiger partial charge on any atom is 0.0949 e. The van der Waals surface area contributed by atoms with Gasteiger partial charge in [-0.1, -0.05) is 65.7 Å². The number of rotatable bonds is 10. The van der Waals surface area contributed by atoms with Crippen molar-refractivity contribution in [3.8, 4) is 0 Å². The molecule has 0 fully saturated rings. The highest BCUT2D eigenvalue weighted by atomic mass is 15.0. The third kappa shape index (κ3) is 4.64. The van der Waals surface area contributed by atoms with Gasteiger partial charge in [0.05, 0.1) is 12.0 Å². The van der Waals surface area contributed by atoms with E-state index in [4.69, 9.17) is 0 Å². The summed E-state index contributed by atoms with van der Waals surface area (Å²) in [4.78, 5) is 4.52. The molecule has 1 aromatic heterocycles. The Morgan fingerprint density at radius 2 is 1.55 bits per heavy atom. The fourth-order valence-electron chi connectivity index (χ4n) is 3.48. The highest BCUT2D eigenvalue weighted by Gasteiger charge is 2.30. The van der Waals surface area contributed by atoms with Gasteiger partial charge in [-0.15, -0.1) is 0 Å². The summed E-state index contributed by atoms with van der Waals surface area (Å²) in [6.07, 6.45) is 14.0. The molecule has 0 saturated heterocycles. The van der Waals surface area contributed by atoms with Gasteiger partial charge in [0.2, 0.25) is 0 Å². The molecule has 0 spiro atoms. The Bertz CT molecular complexity index is 361. The van der Waals surface area contributed by atoms with Crippen LogP contribution in [0.1, 0.15) is 89.9 Å². The van der Waals surface area contributed by atoms with Gasteiger partial charge in [-0.05, 0) is 19.8 Å². The van der Waals surface area contributed by atoms with E-state index >= 15 is 0 Å². The van der Waals surface area contributed by atoms with Crippen molar-refractivity contribution in [2.45, 2.75) is 90.9 Å². The van der Waals surface area contributed by atoms with Crippen LogP contribution in [0, 0.1) is 6.92 Å². The van der Waals surface area contributed by atoms with E-state index in [9.17, 15) is 0 Å². The highest BCUT2D eigenvalue weighted by molar-refractivity contribution is 5.22. The second-order valence-electron chi connectivity index (χ2n) is 6.62. The molecule has 0 radical (unpaired) electrons. The van der Waals surface area contributed by atoms with Gasteiger partial charge in [0.25, 0.3) is 0 Å². The minimum atomic E-state index is 0.304. The van der Waals surface area contributed by atoms with Gasteiger partial charge in [0.15, 0.2) is 0 Å². The Kier molecular flexibility index (Phi) is 7.32. The van der Waals surface area contributed by atoms with E-state index < -0.39 is 0 Å². The molecule has 0 N–H and O–H groups in total. The average molecular weight is 278 g/mol. The lowest BCUT2D eigenvalue weighted by atomic mass is 9.76. The van der Waals surface area contributed by atoms with E-state index in [1.807, 2.05) is 6.33 Å². The quantitative estimate of drug-likeness (QED) is 0.514. The molecule has 0 saturated carbocycles. The summed E-state index contributed by atoms with van der Waals surface area (Å²) < 4.78 is 2.25. The first-order valence-corrected chi connectivity index (χ1v) is 8.53. The molecule has 116 valence electrons. The summed E-state index contributed by atoms with van der Waals surface area (Å²) in [5.74, 6) is 0. The van der Waals surface area contributed by atoms with Crippen LogP contribution < -0.4 is 0 Å². The second kappa shape index (κ2) is 8.49. The Balaban J connectivity index is 2.77. The van der Waals surface area contributed by atoms with Crippen LogP contribution in [0.2, 0.25) is 0 Å². The Morgan fingerprint density at radius 1 is 1.00 bits per heavy atom. The summed E-state index contributed by atoms with van der Waals surface area (Å²) in [5.41, 5.74) is 2.99. The monoisotopic (exact) mass is 278 g/mol. The standard InChI is InChI=1S/C18H34N2/c1-6-8-10-12-14-18(4,13-11-9-7-2)17-16(3)19-15-20(17)5/h15H,6-14H2,1-5H3. The molecule has 1 heterocycles. The lowest BCUT2D eigenvalue weighted by Crippen LogP contribution is -2.26. The lowest BCUT2D eigenvalue weighted by molar-refractivity contribution is 0.347. The summed E-state index contributed by atoms with van der Waals surface area (Å²) in [6.45, 7) is 9.19. The molecule has 1 rings (SSSR count). The molecule has 1 atom stereocenters. The number of hydrogen-bond acceptors (Lipinski definition) is 1. The highest BCUT2D eigenvalue weighted by Crippen LogP contribution is 2.36. The van der Waals surface area contributed by atoms with Crippen LogP contribution in [0.25, 0.3) is 0 Å². The van der Waals surface area contributed by atoms with Crippen molar-refractivity contribution in [3.05, 3.63) is 17.7 Å². The predicted molar refractivity (Wildman–Crippen MR) is 88.2 cm³/mol. The van der Waals surface area contributed by atoms with Crippen LogP contribution in [0.15, 0.2) is 6.33 Å². The first-order chi connectivity index (χ1) is 9.55. The maximum absolute atomic E-state index is 4.52. The zero-order chi connectivity index (χ0) is 15.0. The molecule has 0 aliphatic heterocycles. The molecular weight excluding hydrogens is 244 g/mol. The van der Waals surface area contributed by atoms with E-state index in [0.29, 0.717) is 5.41 Å². The number of imidazole rings is 1. The van der Waals surface area contributed by atoms with E-state index in [2.05, 4.69) is 44.3 Å². The summed E-state index contributed by atoms with van der Waals surface area (Å²) in [7, 11) is 2.15. The minimum absolute atomic E-state index is 0.304. The first kappa shape index (κ1) is 17.3. The zero-order valence-corrected chi connectivity index (χ0v) is 14.3. The molecule has 0 amide bonds. The zero-order valence-electron chi connectivity index (χ0n) is 14.3. The fourth-order valence-corrected chi connectivity index (χ4v) is 3.48. The lowest BCUT2D eigenvalue weighted by Gasteiger charge is -2.31. The SMILES string of the molecule is CCCCCCC(C)(CCCCC)c1c(C)ncn1C. The van der Waals surface area contributed by atoms with Gasteiger partial charge in [-0.25, -0.2) is 4.98 Å². The van der Waals surface area contributed by atoms with E-state index in [0.717, 1.165) is 0 Å². The van der Waals surface area contributed by atoms with E-state index in [1.54, 1.807) is 0 Å². The van der Waals surface area contributed by atoms with Crippen LogP contribution >= 0.6 is 0 Å². The fraction of sp³-hybridized carbons (Fsp3) is 0.833. The van der Waals surface area contributed by atoms with Gasteiger partial charge >= 0.3 is 0 Å². The van der Waals surface area contributed by atoms with Crippen molar-refractivity contribution in [1.82, 2.24) is 9.55 Å². The predicted octanol–water partition coefficient (Wildman–Crippen LogP) is 5.54. The largest absolute Gasteiger partial charge is 0.337 e. The maximum atomic E-state index is 4.52. The number of hydrogen-bond donors (Lipinski definition) is 0. The topological polar surface area (TPSA) is 17.8 Å². The van der Waals surface area contributed by atoms with Crippen molar-refractivity contribution in [1.29, 1.82) is 0 Å². The Hall–Kier alpha value is -0.790. The molecule has 2 nitrogen and oxygen atoms in total. The van der Waals surface area contributed by atoms with Crippen molar-refractivity contribution < 1.29 is 0 Å². The van der Waals surface area contributed by atoms with Crippen LogP contribution in [-0.2, 0) is 12.5 Å². The molecule has 0 aliphatic rings. The van der Waals surface area contributed by atoms with Gasteiger partial charge in [-0.2, -0.15) is 0 Å². The van der Waals surface area contributed by atoms with Crippen molar-refractivity contribution in [2.75, 3.05) is 0 Å². The molecule has 0 aliphatic carbocycles. The van der Waals surface area contributed by atoms with E-state index in [-0.39, 0.29) is 0 Å². The van der Waals surface area contributed by atoms with Crippen LogP contribution in [0.4, 0.5) is 0 Å². The molecule has 20 heavy (non-hydrogen) atoms. The molecule has 0 bridgehead atoms. The molecule has 1 aromatic rings. The van der Waals surface area contributed by atoms with Gasteiger partial charge in [-0.3, -0.25) is 0 Å². The van der Waals surface area contributed by atoms with Crippen molar-refractivity contribution in [3.63, 3.8) is 0 Å². The van der Waals surface area contributed by atoms with Crippen LogP contribution in [0.5, 0.6) is 0 Å². The third-order valence-electron chi connectivity index (χ3n) is 4.61. The summed E-state index contributed by atoms with van der Waals surface area (Å²) >= 11 is 0. The number of unbranched alkanes of at least 4 members (excludes halogenated alkanes) is 5. The molecule has 2 heteroatoms. The number of nitrogens with zero attached hydrogens (tertiary/aromatic N) is 2. The smallest absolute Gasteiger partial charge is 0.0949 e. The van der Waals surface area contributed by atoms with Crippen LogP contribution in [-0.4, -0.2) is 9.55 Å². The molecule has 0 aromatic carbocycles. The van der Waals surface area contributed by atoms with Crippen molar-refractivity contribution in [2.24, 2.45) is 7.05 Å². The van der Waals surface area contributed by atoms with Crippen LogP contribution in [0.3, 0.4) is 0 Å². The molecule has 1 unspecified atom stereocenters. The Morgan fingerprint density at radius 3 is 2.05 bits per heavy atom. The van der Waals surface area contributed by atoms with Crippen molar-refractivity contribution >= 4 is 0 Å². The Labute approximate surface area is 126 Å². The molecular formula is C18H34N2. The van der Waals surface area contributed by atoms with Gasteiger partial charge in [0, 0.05) is 18.2 Å². The summed E-state index contributed by atoms with van der Waals surface area (Å²) in [5, 5.41) is 0. The third-order valence-corrected chi connectivity index (χ3v) is 4.61. The second-order valence-corrected chi connectivity index (χ2v) is 6.62. The minimum Gasteiger partial charge on any atom is -0.337 e. The normalized spacial score (nSPS) is 14.4. The van der Waals surface area contributed by atoms with Gasteiger partial charge in [0.1, 0.15) is 0 Å². The number of aromatic nitrogens is 2. The summed E-state index contributed by atoms with van der Waals surface area (Å²) in [6, 6.07) is 0. The van der Waals surface area contributed by atoms with E-state index in [1.165, 1.54) is 69.2 Å².